The van der Waals surface area contributed by atoms with Crippen molar-refractivity contribution in [2.45, 2.75) is 11.8 Å². The fraction of sp³-hybridized carbons (Fsp3) is 0.111. The average Bonchev–Trinajstić information content (AvgIpc) is 2.60. The highest BCUT2D eigenvalue weighted by Gasteiger charge is 2.15. The maximum Gasteiger partial charge on any atom is 0.337 e. The summed E-state index contributed by atoms with van der Waals surface area (Å²) in [6.07, 6.45) is 0. The third kappa shape index (κ3) is 4.15. The van der Waals surface area contributed by atoms with Crippen LogP contribution in [0.2, 0.25) is 0 Å². The molecule has 1 aromatic heterocycles. The van der Waals surface area contributed by atoms with Gasteiger partial charge < -0.3 is 14.5 Å². The number of amides is 1. The minimum Gasteiger partial charge on any atom is -0.494 e. The van der Waals surface area contributed by atoms with Crippen molar-refractivity contribution in [3.8, 4) is 5.75 Å². The second-order valence-corrected chi connectivity index (χ2v) is 7.16. The van der Waals surface area contributed by atoms with E-state index in [1.807, 2.05) is 6.92 Å². The molecule has 0 saturated heterocycles. The third-order valence-corrected chi connectivity index (χ3v) is 4.64. The number of rotatable bonds is 5. The largest absolute Gasteiger partial charge is 0.494 e. The van der Waals surface area contributed by atoms with E-state index in [0.717, 1.165) is 6.07 Å². The van der Waals surface area contributed by atoms with Crippen LogP contribution in [0.1, 0.15) is 17.3 Å². The average molecular weight is 388 g/mol. The number of ether oxygens (including phenoxy) is 1. The van der Waals surface area contributed by atoms with Gasteiger partial charge in [0.25, 0.3) is 5.91 Å². The number of fused-ring (bicyclic) bond motifs is 1. The number of carbonyl (C=O) groups is 1. The van der Waals surface area contributed by atoms with Gasteiger partial charge in [0.05, 0.1) is 17.1 Å². The quantitative estimate of drug-likeness (QED) is 0.644. The number of anilines is 1. The Hall–Kier alpha value is -3.17. The maximum atomic E-state index is 12.6. The summed E-state index contributed by atoms with van der Waals surface area (Å²) in [6.45, 7) is 2.27. The first-order valence-corrected chi connectivity index (χ1v) is 9.47. The molecule has 1 amide bonds. The van der Waals surface area contributed by atoms with Crippen molar-refractivity contribution in [2.75, 3.05) is 11.9 Å². The van der Waals surface area contributed by atoms with Crippen LogP contribution in [0.3, 0.4) is 0 Å². The van der Waals surface area contributed by atoms with Crippen LogP contribution in [0.25, 0.3) is 11.0 Å². The summed E-state index contributed by atoms with van der Waals surface area (Å²) in [5.74, 6) is -0.0234. The lowest BCUT2D eigenvalue weighted by molar-refractivity contribution is 0.102. The van der Waals surface area contributed by atoms with Crippen molar-refractivity contribution in [1.29, 1.82) is 0 Å². The summed E-state index contributed by atoms with van der Waals surface area (Å²) in [5, 5.41) is 8.09. The first-order valence-electron chi connectivity index (χ1n) is 7.93. The second kappa shape index (κ2) is 7.22. The van der Waals surface area contributed by atoms with Crippen LogP contribution < -0.4 is 20.8 Å². The zero-order chi connectivity index (χ0) is 19.6. The van der Waals surface area contributed by atoms with Crippen molar-refractivity contribution in [3.63, 3.8) is 0 Å². The number of carbonyl (C=O) groups excluding carboxylic acids is 1. The fourth-order valence-electron chi connectivity index (χ4n) is 2.51. The zero-order valence-electron chi connectivity index (χ0n) is 14.3. The van der Waals surface area contributed by atoms with Gasteiger partial charge in [-0.2, -0.15) is 0 Å². The van der Waals surface area contributed by atoms with Crippen molar-refractivity contribution in [1.82, 2.24) is 0 Å². The molecule has 0 bridgehead atoms. The molecule has 0 atom stereocenters. The second-order valence-electron chi connectivity index (χ2n) is 5.59. The van der Waals surface area contributed by atoms with E-state index in [9.17, 15) is 18.0 Å². The van der Waals surface area contributed by atoms with E-state index in [-0.39, 0.29) is 16.0 Å². The molecular weight excluding hydrogens is 372 g/mol. The molecule has 27 heavy (non-hydrogen) atoms. The number of hydrogen-bond acceptors (Lipinski definition) is 6. The predicted octanol–water partition coefficient (Wildman–Crippen LogP) is 2.09. The highest BCUT2D eigenvalue weighted by molar-refractivity contribution is 7.89. The summed E-state index contributed by atoms with van der Waals surface area (Å²) in [6, 6.07) is 11.3. The van der Waals surface area contributed by atoms with Gasteiger partial charge in [-0.05, 0) is 43.3 Å². The maximum absolute atomic E-state index is 12.6. The summed E-state index contributed by atoms with van der Waals surface area (Å²) in [5.41, 5.74) is 0.0218. The molecule has 2 aromatic carbocycles. The normalized spacial score (nSPS) is 11.3. The SMILES string of the molecule is CCOc1ccc2c(C(=O)Nc3ccc(S(N)(=O)=O)cc3)cc(=O)oc2c1. The van der Waals surface area contributed by atoms with Gasteiger partial charge >= 0.3 is 5.63 Å². The minimum atomic E-state index is -3.82. The molecule has 1 heterocycles. The van der Waals surface area contributed by atoms with Gasteiger partial charge in [-0.25, -0.2) is 18.4 Å². The van der Waals surface area contributed by atoms with Crippen molar-refractivity contribution in [2.24, 2.45) is 5.14 Å². The van der Waals surface area contributed by atoms with Crippen molar-refractivity contribution >= 4 is 32.6 Å². The van der Waals surface area contributed by atoms with E-state index in [4.69, 9.17) is 14.3 Å². The first kappa shape index (κ1) is 18.6. The molecular formula is C18H16N2O6S. The summed E-state index contributed by atoms with van der Waals surface area (Å²) < 4.78 is 33.1. The topological polar surface area (TPSA) is 129 Å². The Kier molecular flexibility index (Phi) is 4.98. The third-order valence-electron chi connectivity index (χ3n) is 3.71. The highest BCUT2D eigenvalue weighted by atomic mass is 32.2. The zero-order valence-corrected chi connectivity index (χ0v) is 15.1. The molecule has 0 aliphatic rings. The van der Waals surface area contributed by atoms with Gasteiger partial charge in [-0.3, -0.25) is 4.79 Å². The van der Waals surface area contributed by atoms with Crippen molar-refractivity contribution < 1.29 is 22.4 Å². The van der Waals surface area contributed by atoms with Gasteiger partial charge in [0.15, 0.2) is 0 Å². The molecule has 0 radical (unpaired) electrons. The molecule has 8 nitrogen and oxygen atoms in total. The lowest BCUT2D eigenvalue weighted by Gasteiger charge is -2.09. The minimum absolute atomic E-state index is 0.0743. The Morgan fingerprint density at radius 1 is 1.15 bits per heavy atom. The molecule has 0 unspecified atom stereocenters. The van der Waals surface area contributed by atoms with Gasteiger partial charge in [0, 0.05) is 23.2 Å². The summed E-state index contributed by atoms with van der Waals surface area (Å²) in [4.78, 5) is 24.3. The molecule has 3 N–H and O–H groups in total. The number of sulfonamides is 1. The molecule has 0 saturated carbocycles. The lowest BCUT2D eigenvalue weighted by atomic mass is 10.1. The number of benzene rings is 2. The molecule has 0 aliphatic carbocycles. The number of primary sulfonamides is 1. The lowest BCUT2D eigenvalue weighted by Crippen LogP contribution is -2.16. The standard InChI is InChI=1S/C18H16N2O6S/c1-2-25-12-5-8-14-15(10-17(21)26-16(14)9-12)18(22)20-11-3-6-13(7-4-11)27(19,23)24/h3-10H,2H2,1H3,(H,20,22)(H2,19,23,24). The molecule has 0 aliphatic heterocycles. The van der Waals surface area contributed by atoms with Crippen LogP contribution in [0.5, 0.6) is 5.75 Å². The van der Waals surface area contributed by atoms with Crippen LogP contribution in [-0.4, -0.2) is 20.9 Å². The van der Waals surface area contributed by atoms with E-state index in [0.29, 0.717) is 23.4 Å². The van der Waals surface area contributed by atoms with E-state index in [1.54, 1.807) is 12.1 Å². The first-order chi connectivity index (χ1) is 12.8. The molecule has 0 fully saturated rings. The Morgan fingerprint density at radius 2 is 1.85 bits per heavy atom. The van der Waals surface area contributed by atoms with Crippen molar-refractivity contribution in [3.05, 3.63) is 64.5 Å². The Labute approximate surface area is 154 Å². The Bertz CT molecular complexity index is 1170. The van der Waals surface area contributed by atoms with E-state index in [2.05, 4.69) is 5.32 Å². The predicted molar refractivity (Wildman–Crippen MR) is 99.4 cm³/mol. The molecule has 0 spiro atoms. The monoisotopic (exact) mass is 388 g/mol. The number of hydrogen-bond donors (Lipinski definition) is 2. The molecule has 9 heteroatoms. The Morgan fingerprint density at radius 3 is 2.48 bits per heavy atom. The molecule has 140 valence electrons. The molecule has 3 rings (SSSR count). The molecule has 3 aromatic rings. The number of nitrogens with two attached hydrogens (primary N) is 1. The van der Waals surface area contributed by atoms with E-state index >= 15 is 0 Å². The van der Waals surface area contributed by atoms with Gasteiger partial charge in [-0.15, -0.1) is 0 Å². The van der Waals surface area contributed by atoms with Gasteiger partial charge in [0.2, 0.25) is 10.0 Å². The highest BCUT2D eigenvalue weighted by Crippen LogP contribution is 2.23. The summed E-state index contributed by atoms with van der Waals surface area (Å²) >= 11 is 0. The van der Waals surface area contributed by atoms with Crippen LogP contribution in [0, 0.1) is 0 Å². The van der Waals surface area contributed by atoms with Crippen LogP contribution in [-0.2, 0) is 10.0 Å². The van der Waals surface area contributed by atoms with Crippen LogP contribution in [0.15, 0.2) is 62.6 Å². The van der Waals surface area contributed by atoms with E-state index in [1.165, 1.54) is 30.3 Å². The Balaban J connectivity index is 1.94. The van der Waals surface area contributed by atoms with Gasteiger partial charge in [-0.1, -0.05) is 0 Å². The van der Waals surface area contributed by atoms with Crippen LogP contribution in [0.4, 0.5) is 5.69 Å². The fourth-order valence-corrected chi connectivity index (χ4v) is 3.03. The smallest absolute Gasteiger partial charge is 0.337 e. The van der Waals surface area contributed by atoms with Gasteiger partial charge in [0.1, 0.15) is 11.3 Å². The number of nitrogens with one attached hydrogen (secondary N) is 1. The van der Waals surface area contributed by atoms with Crippen LogP contribution >= 0.6 is 0 Å². The summed E-state index contributed by atoms with van der Waals surface area (Å²) in [7, 11) is -3.82. The van der Waals surface area contributed by atoms with E-state index < -0.39 is 21.6 Å².